The van der Waals surface area contributed by atoms with Crippen molar-refractivity contribution in [3.8, 4) is 0 Å². The summed E-state index contributed by atoms with van der Waals surface area (Å²) in [5, 5.41) is 42.8. The van der Waals surface area contributed by atoms with Crippen LogP contribution in [0, 0.1) is 0 Å². The fraction of sp³-hybridized carbons (Fsp3) is 0.700. The Hall–Kier alpha value is -0.260. The van der Waals surface area contributed by atoms with Crippen LogP contribution in [0.3, 0.4) is 0 Å². The van der Waals surface area contributed by atoms with Crippen molar-refractivity contribution in [2.45, 2.75) is 75.3 Å². The number of ether oxygens (including phenoxy) is 1. The Bertz CT molecular complexity index is 689. The molecule has 0 amide bonds. The largest absolute Gasteiger partial charge is 0.394 e. The van der Waals surface area contributed by atoms with Gasteiger partial charge in [0.15, 0.2) is 6.23 Å². The lowest BCUT2D eigenvalue weighted by atomic mass is 9.94. The van der Waals surface area contributed by atoms with E-state index in [0.717, 1.165) is 26.7 Å². The van der Waals surface area contributed by atoms with Gasteiger partial charge in [0.05, 0.1) is 12.3 Å². The molecule has 1 heterocycles. The Labute approximate surface area is 188 Å². The number of nitrogens with one attached hydrogen (secondary N) is 1. The molecule has 5 atom stereocenters. The van der Waals surface area contributed by atoms with Gasteiger partial charge in [0.25, 0.3) is 0 Å². The molecular formula is C20H30Br2N2O5. The van der Waals surface area contributed by atoms with Crippen molar-refractivity contribution < 1.29 is 25.2 Å². The van der Waals surface area contributed by atoms with Crippen molar-refractivity contribution in [3.63, 3.8) is 0 Å². The van der Waals surface area contributed by atoms with Crippen LogP contribution in [0.25, 0.3) is 0 Å². The van der Waals surface area contributed by atoms with E-state index < -0.39 is 37.3 Å². The minimum atomic E-state index is -1.29. The molecule has 2 fully saturated rings. The number of hydrogen-bond donors (Lipinski definition) is 5. The lowest BCUT2D eigenvalue weighted by Crippen LogP contribution is -2.40. The zero-order valence-electron chi connectivity index (χ0n) is 16.5. The molecule has 1 aromatic rings. The first-order valence-corrected chi connectivity index (χ1v) is 11.7. The highest BCUT2D eigenvalue weighted by Gasteiger charge is 2.46. The Morgan fingerprint density at radius 3 is 2.52 bits per heavy atom. The standard InChI is InChI=1S/C20H30Br2N2O5/c1-24(13-5-3-2-4-6-13)9-11-7-12(21)8-14(22)16(11)23-20-18(28)17(27)19(29-20)15(26)10-25/h7-8,13,15,17-20,23,25-28H,2-6,9-10H2,1H3. The highest BCUT2D eigenvalue weighted by molar-refractivity contribution is 9.11. The first-order valence-electron chi connectivity index (χ1n) is 10.1. The molecule has 0 bridgehead atoms. The number of aliphatic hydroxyl groups is 4. The van der Waals surface area contributed by atoms with Crippen molar-refractivity contribution >= 4 is 37.5 Å². The number of aliphatic hydroxyl groups excluding tert-OH is 4. The van der Waals surface area contributed by atoms with Gasteiger partial charge in [0.2, 0.25) is 0 Å². The first kappa shape index (κ1) is 23.4. The monoisotopic (exact) mass is 536 g/mol. The van der Waals surface area contributed by atoms with Gasteiger partial charge in [0.1, 0.15) is 24.4 Å². The third-order valence-electron chi connectivity index (χ3n) is 5.91. The normalized spacial score (nSPS) is 29.4. The second kappa shape index (κ2) is 10.4. The number of hydrogen-bond acceptors (Lipinski definition) is 7. The van der Waals surface area contributed by atoms with Gasteiger partial charge in [0, 0.05) is 21.5 Å². The molecule has 0 radical (unpaired) electrons. The summed E-state index contributed by atoms with van der Waals surface area (Å²) in [7, 11) is 2.13. The molecular weight excluding hydrogens is 508 g/mol. The highest BCUT2D eigenvalue weighted by atomic mass is 79.9. The number of nitrogens with zero attached hydrogens (tertiary/aromatic N) is 1. The topological polar surface area (TPSA) is 105 Å². The molecule has 5 N–H and O–H groups in total. The van der Waals surface area contributed by atoms with Gasteiger partial charge < -0.3 is 30.5 Å². The van der Waals surface area contributed by atoms with Crippen molar-refractivity contribution in [3.05, 3.63) is 26.6 Å². The molecule has 2 aliphatic rings. The maximum absolute atomic E-state index is 10.4. The van der Waals surface area contributed by atoms with E-state index >= 15 is 0 Å². The predicted molar refractivity (Wildman–Crippen MR) is 118 cm³/mol. The average Bonchev–Trinajstić information content (AvgIpc) is 2.99. The van der Waals surface area contributed by atoms with Crippen LogP contribution < -0.4 is 5.32 Å². The van der Waals surface area contributed by atoms with Crippen LogP contribution in [0.5, 0.6) is 0 Å². The van der Waals surface area contributed by atoms with E-state index in [9.17, 15) is 15.3 Å². The van der Waals surface area contributed by atoms with Crippen LogP contribution in [-0.2, 0) is 11.3 Å². The molecule has 29 heavy (non-hydrogen) atoms. The second-order valence-electron chi connectivity index (χ2n) is 8.03. The highest BCUT2D eigenvalue weighted by Crippen LogP contribution is 2.35. The molecule has 0 aromatic heterocycles. The lowest BCUT2D eigenvalue weighted by molar-refractivity contribution is -0.0774. The fourth-order valence-corrected chi connectivity index (χ4v) is 5.65. The predicted octanol–water partition coefficient (Wildman–Crippen LogP) is 2.19. The van der Waals surface area contributed by atoms with Crippen molar-refractivity contribution in [2.24, 2.45) is 0 Å². The van der Waals surface area contributed by atoms with Gasteiger partial charge in [-0.15, -0.1) is 0 Å². The summed E-state index contributed by atoms with van der Waals surface area (Å²) in [4.78, 5) is 2.36. The summed E-state index contributed by atoms with van der Waals surface area (Å²) in [5.74, 6) is 0. The summed E-state index contributed by atoms with van der Waals surface area (Å²) in [6.07, 6.45) is 0.461. The van der Waals surface area contributed by atoms with Gasteiger partial charge in [-0.3, -0.25) is 4.90 Å². The average molecular weight is 538 g/mol. The van der Waals surface area contributed by atoms with Gasteiger partial charge in [-0.2, -0.15) is 0 Å². The quantitative estimate of drug-likeness (QED) is 0.363. The summed E-state index contributed by atoms with van der Waals surface area (Å²) >= 11 is 7.13. The minimum absolute atomic E-state index is 0.550. The van der Waals surface area contributed by atoms with E-state index in [1.54, 1.807) is 0 Å². The Morgan fingerprint density at radius 2 is 1.86 bits per heavy atom. The van der Waals surface area contributed by atoms with Crippen LogP contribution in [0.1, 0.15) is 37.7 Å². The molecule has 9 heteroatoms. The zero-order chi connectivity index (χ0) is 21.1. The fourth-order valence-electron chi connectivity index (χ4n) is 4.22. The van der Waals surface area contributed by atoms with Crippen LogP contribution >= 0.6 is 31.9 Å². The van der Waals surface area contributed by atoms with Gasteiger partial charge in [-0.1, -0.05) is 35.2 Å². The Kier molecular flexibility index (Phi) is 8.37. The molecule has 5 unspecified atom stereocenters. The van der Waals surface area contributed by atoms with Crippen LogP contribution in [-0.4, -0.2) is 75.7 Å². The third-order valence-corrected chi connectivity index (χ3v) is 6.99. The lowest BCUT2D eigenvalue weighted by Gasteiger charge is -2.32. The van der Waals surface area contributed by atoms with Crippen molar-refractivity contribution in [1.82, 2.24) is 4.90 Å². The Balaban J connectivity index is 1.78. The number of rotatable bonds is 7. The summed E-state index contributed by atoms with van der Waals surface area (Å²) in [6, 6.07) is 4.49. The maximum Gasteiger partial charge on any atom is 0.157 e. The molecule has 1 aliphatic carbocycles. The summed E-state index contributed by atoms with van der Waals surface area (Å²) in [5.41, 5.74) is 1.79. The van der Waals surface area contributed by atoms with Crippen LogP contribution in [0.15, 0.2) is 21.1 Å². The Morgan fingerprint density at radius 1 is 1.17 bits per heavy atom. The van der Waals surface area contributed by atoms with E-state index in [0.29, 0.717) is 6.04 Å². The molecule has 3 rings (SSSR count). The zero-order valence-corrected chi connectivity index (χ0v) is 19.6. The van der Waals surface area contributed by atoms with Crippen molar-refractivity contribution in [1.29, 1.82) is 0 Å². The molecule has 1 aliphatic heterocycles. The second-order valence-corrected chi connectivity index (χ2v) is 9.80. The molecule has 7 nitrogen and oxygen atoms in total. The van der Waals surface area contributed by atoms with E-state index in [1.807, 2.05) is 12.1 Å². The van der Waals surface area contributed by atoms with E-state index in [1.165, 1.54) is 32.1 Å². The smallest absolute Gasteiger partial charge is 0.157 e. The summed E-state index contributed by atoms with van der Waals surface area (Å²) in [6.45, 7) is 0.166. The summed E-state index contributed by atoms with van der Waals surface area (Å²) < 4.78 is 7.37. The minimum Gasteiger partial charge on any atom is -0.394 e. The van der Waals surface area contributed by atoms with E-state index in [-0.39, 0.29) is 0 Å². The molecule has 0 spiro atoms. The van der Waals surface area contributed by atoms with Crippen LogP contribution in [0.2, 0.25) is 0 Å². The molecule has 164 valence electrons. The maximum atomic E-state index is 10.4. The van der Waals surface area contributed by atoms with Gasteiger partial charge in [-0.25, -0.2) is 0 Å². The van der Waals surface area contributed by atoms with Crippen LogP contribution in [0.4, 0.5) is 5.69 Å². The van der Waals surface area contributed by atoms with Gasteiger partial charge >= 0.3 is 0 Å². The third kappa shape index (κ3) is 5.51. The molecule has 1 saturated carbocycles. The number of benzene rings is 1. The first-order chi connectivity index (χ1) is 13.8. The number of halogens is 2. The molecule has 1 aromatic carbocycles. The van der Waals surface area contributed by atoms with Crippen molar-refractivity contribution in [2.75, 3.05) is 19.0 Å². The number of anilines is 1. The SMILES string of the molecule is CN(Cc1cc(Br)cc(Br)c1NC1OC(C(O)CO)C(O)C1O)C1CCCCC1. The molecule has 1 saturated heterocycles. The van der Waals surface area contributed by atoms with E-state index in [2.05, 4.69) is 49.1 Å². The van der Waals surface area contributed by atoms with E-state index in [4.69, 9.17) is 9.84 Å². The van der Waals surface area contributed by atoms with Gasteiger partial charge in [-0.05, 0) is 53.5 Å².